The molecule has 2 rings (SSSR count). The number of ether oxygens (including phenoxy) is 3. The van der Waals surface area contributed by atoms with E-state index in [1.807, 2.05) is 0 Å². The molecule has 0 atom stereocenters. The standard InChI is InChI=1S/C11H12O5/c1-11(2)15-8-5-6(14-3)4-7(12)9(8)10(13)16-11/h4-5,12H,1-3H3/i3D3. The Bertz CT molecular complexity index is 536. The SMILES string of the molecule is [2H]C([2H])([2H])Oc1cc(O)c2c(c1)OC(C)(C)OC2=O. The lowest BCUT2D eigenvalue weighted by Gasteiger charge is -2.31. The number of benzene rings is 1. The van der Waals surface area contributed by atoms with Crippen LogP contribution in [0, 0.1) is 0 Å². The monoisotopic (exact) mass is 227 g/mol. The van der Waals surface area contributed by atoms with Crippen LogP contribution in [0.25, 0.3) is 0 Å². The molecule has 1 N–H and O–H groups in total. The van der Waals surface area contributed by atoms with E-state index in [1.165, 1.54) is 19.9 Å². The third-order valence-corrected chi connectivity index (χ3v) is 2.07. The zero-order valence-corrected chi connectivity index (χ0v) is 8.73. The lowest BCUT2D eigenvalue weighted by molar-refractivity contribution is -0.127. The van der Waals surface area contributed by atoms with Crippen molar-refractivity contribution in [1.29, 1.82) is 0 Å². The van der Waals surface area contributed by atoms with E-state index in [0.717, 1.165) is 6.07 Å². The van der Waals surface area contributed by atoms with Gasteiger partial charge in [-0.15, -0.1) is 0 Å². The minimum atomic E-state index is -2.66. The molecule has 0 unspecified atom stereocenters. The fourth-order valence-electron chi connectivity index (χ4n) is 1.48. The fourth-order valence-corrected chi connectivity index (χ4v) is 1.48. The summed E-state index contributed by atoms with van der Waals surface area (Å²) >= 11 is 0. The third-order valence-electron chi connectivity index (χ3n) is 2.07. The summed E-state index contributed by atoms with van der Waals surface area (Å²) in [5, 5.41) is 9.73. The molecule has 86 valence electrons. The Balaban J connectivity index is 2.46. The van der Waals surface area contributed by atoms with Gasteiger partial charge in [0.25, 0.3) is 0 Å². The zero-order valence-electron chi connectivity index (χ0n) is 11.7. The molecule has 5 nitrogen and oxygen atoms in total. The molecule has 0 radical (unpaired) electrons. The quantitative estimate of drug-likeness (QED) is 0.739. The fraction of sp³-hybridized carbons (Fsp3) is 0.364. The van der Waals surface area contributed by atoms with Crippen molar-refractivity contribution in [2.75, 3.05) is 7.04 Å². The molecule has 0 aliphatic carbocycles. The molecule has 0 saturated carbocycles. The summed E-state index contributed by atoms with van der Waals surface area (Å²) in [6.45, 7) is 3.03. The molecular weight excluding hydrogens is 212 g/mol. The Morgan fingerprint density at radius 2 is 2.19 bits per heavy atom. The van der Waals surface area contributed by atoms with E-state index in [0.29, 0.717) is 0 Å². The Hall–Kier alpha value is -1.91. The van der Waals surface area contributed by atoms with Gasteiger partial charge in [-0.1, -0.05) is 0 Å². The number of phenols is 1. The average molecular weight is 227 g/mol. The molecule has 1 heterocycles. The van der Waals surface area contributed by atoms with Gasteiger partial charge >= 0.3 is 5.97 Å². The first kappa shape index (κ1) is 7.38. The van der Waals surface area contributed by atoms with Crippen LogP contribution >= 0.6 is 0 Å². The molecule has 0 spiro atoms. The number of cyclic esters (lactones) is 1. The van der Waals surface area contributed by atoms with Crippen LogP contribution in [0.4, 0.5) is 0 Å². The molecule has 16 heavy (non-hydrogen) atoms. The van der Waals surface area contributed by atoms with Gasteiger partial charge in [0, 0.05) is 26.0 Å². The predicted molar refractivity (Wildman–Crippen MR) is 54.8 cm³/mol. The maximum absolute atomic E-state index is 11.7. The van der Waals surface area contributed by atoms with Crippen molar-refractivity contribution in [3.05, 3.63) is 17.7 Å². The van der Waals surface area contributed by atoms with E-state index in [4.69, 9.17) is 13.6 Å². The predicted octanol–water partition coefficient (Wildman–Crippen LogP) is 1.69. The lowest BCUT2D eigenvalue weighted by atomic mass is 10.1. The normalized spacial score (nSPS) is 20.6. The molecule has 0 saturated heterocycles. The van der Waals surface area contributed by atoms with Gasteiger partial charge in [-0.3, -0.25) is 0 Å². The molecule has 0 aromatic heterocycles. The largest absolute Gasteiger partial charge is 0.507 e. The van der Waals surface area contributed by atoms with E-state index < -0.39 is 24.5 Å². The number of esters is 1. The van der Waals surface area contributed by atoms with Gasteiger partial charge < -0.3 is 19.3 Å². The molecule has 0 fully saturated rings. The summed E-state index contributed by atoms with van der Waals surface area (Å²) in [6.07, 6.45) is 0. The molecular formula is C11H12O5. The number of methoxy groups -OCH3 is 1. The van der Waals surface area contributed by atoms with Gasteiger partial charge in [0.1, 0.15) is 22.8 Å². The van der Waals surface area contributed by atoms with E-state index in [1.54, 1.807) is 0 Å². The zero-order chi connectivity index (χ0) is 14.4. The highest BCUT2D eigenvalue weighted by Crippen LogP contribution is 2.39. The second kappa shape index (κ2) is 3.30. The van der Waals surface area contributed by atoms with Crippen molar-refractivity contribution in [1.82, 2.24) is 0 Å². The van der Waals surface area contributed by atoms with Crippen LogP contribution in [0.2, 0.25) is 0 Å². The summed E-state index contributed by atoms with van der Waals surface area (Å²) in [4.78, 5) is 11.7. The molecule has 1 aliphatic rings. The van der Waals surface area contributed by atoms with Crippen molar-refractivity contribution in [3.8, 4) is 17.2 Å². The topological polar surface area (TPSA) is 65.0 Å². The smallest absolute Gasteiger partial charge is 0.349 e. The second-order valence-corrected chi connectivity index (χ2v) is 3.81. The molecule has 1 aliphatic heterocycles. The number of rotatable bonds is 1. The highest BCUT2D eigenvalue weighted by molar-refractivity contribution is 5.96. The van der Waals surface area contributed by atoms with Crippen LogP contribution in [0.15, 0.2) is 12.1 Å². The van der Waals surface area contributed by atoms with Crippen molar-refractivity contribution in [2.24, 2.45) is 0 Å². The van der Waals surface area contributed by atoms with Crippen molar-refractivity contribution in [3.63, 3.8) is 0 Å². The maximum atomic E-state index is 11.7. The minimum absolute atomic E-state index is 0.0144. The van der Waals surface area contributed by atoms with Crippen molar-refractivity contribution >= 4 is 5.97 Å². The minimum Gasteiger partial charge on any atom is -0.507 e. The molecule has 1 aromatic carbocycles. The van der Waals surface area contributed by atoms with Crippen LogP contribution in [0.5, 0.6) is 17.2 Å². The summed E-state index contributed by atoms with van der Waals surface area (Å²) in [5.41, 5.74) is -0.155. The summed E-state index contributed by atoms with van der Waals surface area (Å²) in [6, 6.07) is 2.25. The van der Waals surface area contributed by atoms with Crippen LogP contribution in [-0.4, -0.2) is 23.9 Å². The van der Waals surface area contributed by atoms with E-state index in [-0.39, 0.29) is 17.1 Å². The first-order valence-electron chi connectivity index (χ1n) is 6.06. The first-order valence-corrected chi connectivity index (χ1v) is 4.56. The van der Waals surface area contributed by atoms with Gasteiger partial charge in [0.05, 0.1) is 11.2 Å². The third kappa shape index (κ3) is 1.64. The van der Waals surface area contributed by atoms with E-state index >= 15 is 0 Å². The van der Waals surface area contributed by atoms with Crippen LogP contribution < -0.4 is 9.47 Å². The Morgan fingerprint density at radius 3 is 2.88 bits per heavy atom. The highest BCUT2D eigenvalue weighted by atomic mass is 16.7. The summed E-state index contributed by atoms with van der Waals surface area (Å²) in [5.74, 6) is -2.52. The van der Waals surface area contributed by atoms with E-state index in [2.05, 4.69) is 4.74 Å². The number of aromatic hydroxyl groups is 1. The average Bonchev–Trinajstić information content (AvgIpc) is 2.09. The van der Waals surface area contributed by atoms with Crippen LogP contribution in [0.3, 0.4) is 0 Å². The molecule has 0 bridgehead atoms. The van der Waals surface area contributed by atoms with Crippen molar-refractivity contribution < 1.29 is 28.2 Å². The van der Waals surface area contributed by atoms with Gasteiger partial charge in [0.15, 0.2) is 0 Å². The lowest BCUT2D eigenvalue weighted by Crippen LogP contribution is -2.38. The van der Waals surface area contributed by atoms with Crippen LogP contribution in [0.1, 0.15) is 28.3 Å². The van der Waals surface area contributed by atoms with Gasteiger partial charge in [0.2, 0.25) is 5.79 Å². The van der Waals surface area contributed by atoms with Crippen LogP contribution in [-0.2, 0) is 4.74 Å². The molecule has 1 aromatic rings. The Morgan fingerprint density at radius 1 is 1.44 bits per heavy atom. The number of hydrogen-bond acceptors (Lipinski definition) is 5. The second-order valence-electron chi connectivity index (χ2n) is 3.81. The summed E-state index contributed by atoms with van der Waals surface area (Å²) in [7, 11) is -2.66. The highest BCUT2D eigenvalue weighted by Gasteiger charge is 2.36. The summed E-state index contributed by atoms with van der Waals surface area (Å²) < 4.78 is 36.0. The number of phenolic OH excluding ortho intramolecular Hbond substituents is 1. The van der Waals surface area contributed by atoms with Gasteiger partial charge in [-0.05, 0) is 0 Å². The van der Waals surface area contributed by atoms with Gasteiger partial charge in [-0.2, -0.15) is 0 Å². The number of carbonyl (C=O) groups is 1. The molecule has 0 amide bonds. The van der Waals surface area contributed by atoms with Crippen molar-refractivity contribution in [2.45, 2.75) is 19.6 Å². The Kier molecular flexibility index (Phi) is 1.52. The number of hydrogen-bond donors (Lipinski definition) is 1. The number of fused-ring (bicyclic) bond motifs is 1. The maximum Gasteiger partial charge on any atom is 0.349 e. The first-order chi connectivity index (χ1) is 8.57. The van der Waals surface area contributed by atoms with Gasteiger partial charge in [-0.25, -0.2) is 4.79 Å². The Labute approximate surface area is 96.8 Å². The molecule has 5 heteroatoms. The van der Waals surface area contributed by atoms with E-state index in [9.17, 15) is 9.90 Å². The number of carbonyl (C=O) groups excluding carboxylic acids is 1.